The third-order valence-electron chi connectivity index (χ3n) is 2.92. The monoisotopic (exact) mass is 357 g/mol. The van der Waals surface area contributed by atoms with E-state index in [4.69, 9.17) is 9.47 Å². The molecule has 1 aromatic rings. The second-order valence-corrected chi connectivity index (χ2v) is 5.92. The normalized spacial score (nSPS) is 11.9. The van der Waals surface area contributed by atoms with Gasteiger partial charge in [-0.15, -0.1) is 0 Å². The van der Waals surface area contributed by atoms with E-state index in [1.807, 2.05) is 20.8 Å². The topological polar surface area (TPSA) is 64.6 Å². The molecule has 6 heteroatoms. The summed E-state index contributed by atoms with van der Waals surface area (Å²) in [6.45, 7) is 5.39. The summed E-state index contributed by atoms with van der Waals surface area (Å²) >= 11 is 3.30. The summed E-state index contributed by atoms with van der Waals surface area (Å²) in [4.78, 5) is 23.0. The number of carbonyl (C=O) groups excluding carboxylic acids is 2. The fourth-order valence-corrected chi connectivity index (χ4v) is 1.59. The maximum absolute atomic E-state index is 11.5. The number of benzene rings is 1. The summed E-state index contributed by atoms with van der Waals surface area (Å²) in [7, 11) is 0. The summed E-state index contributed by atoms with van der Waals surface area (Å²) in [5, 5.41) is 2.75. The van der Waals surface area contributed by atoms with Gasteiger partial charge in [-0.3, -0.25) is 4.79 Å². The van der Waals surface area contributed by atoms with Crippen molar-refractivity contribution >= 4 is 27.8 Å². The van der Waals surface area contributed by atoms with E-state index in [0.717, 1.165) is 4.47 Å². The second kappa shape index (κ2) is 8.67. The molecule has 0 saturated heterocycles. The van der Waals surface area contributed by atoms with E-state index in [0.29, 0.717) is 11.7 Å². The highest BCUT2D eigenvalue weighted by Gasteiger charge is 2.13. The molecule has 0 spiro atoms. The number of hydrogen-bond acceptors (Lipinski definition) is 4. The average Bonchev–Trinajstić information content (AvgIpc) is 2.44. The van der Waals surface area contributed by atoms with Crippen molar-refractivity contribution < 1.29 is 19.1 Å². The average molecular weight is 358 g/mol. The van der Waals surface area contributed by atoms with Gasteiger partial charge in [0, 0.05) is 10.5 Å². The van der Waals surface area contributed by atoms with Crippen molar-refractivity contribution in [1.82, 2.24) is 5.32 Å². The number of esters is 1. The third kappa shape index (κ3) is 7.13. The highest BCUT2D eigenvalue weighted by atomic mass is 79.9. The molecule has 116 valence electrons. The minimum Gasteiger partial charge on any atom is -0.482 e. The molecule has 0 radical (unpaired) electrons. The van der Waals surface area contributed by atoms with Gasteiger partial charge < -0.3 is 14.8 Å². The van der Waals surface area contributed by atoms with Crippen LogP contribution in [0.25, 0.3) is 0 Å². The number of ether oxygens (including phenoxy) is 2. The Balaban J connectivity index is 2.25. The molecule has 0 aliphatic heterocycles. The molecule has 0 bridgehead atoms. The van der Waals surface area contributed by atoms with Crippen LogP contribution >= 0.6 is 15.9 Å². The highest BCUT2D eigenvalue weighted by molar-refractivity contribution is 9.10. The summed E-state index contributed by atoms with van der Waals surface area (Å²) in [6.07, 6.45) is 0. The van der Waals surface area contributed by atoms with Crippen LogP contribution < -0.4 is 10.1 Å². The van der Waals surface area contributed by atoms with Crippen molar-refractivity contribution in [2.45, 2.75) is 26.8 Å². The first kappa shape index (κ1) is 17.5. The van der Waals surface area contributed by atoms with Crippen molar-refractivity contribution in [3.63, 3.8) is 0 Å². The summed E-state index contributed by atoms with van der Waals surface area (Å²) in [6, 6.07) is 7.11. The number of rotatable bonds is 7. The molecular weight excluding hydrogens is 338 g/mol. The molecular formula is C15H20BrNO4. The van der Waals surface area contributed by atoms with E-state index in [-0.39, 0.29) is 25.2 Å². The van der Waals surface area contributed by atoms with Gasteiger partial charge in [0.1, 0.15) is 5.75 Å². The Labute approximate surface area is 133 Å². The molecule has 0 unspecified atom stereocenters. The van der Waals surface area contributed by atoms with Gasteiger partial charge in [0.15, 0.2) is 13.2 Å². The minimum absolute atomic E-state index is 0.0372. The molecule has 0 aliphatic rings. The summed E-state index contributed by atoms with van der Waals surface area (Å²) in [5.74, 6) is -0.00289. The smallest absolute Gasteiger partial charge is 0.344 e. The molecule has 0 heterocycles. The molecule has 0 aliphatic carbocycles. The quantitative estimate of drug-likeness (QED) is 0.761. The van der Waals surface area contributed by atoms with Crippen LogP contribution in [0, 0.1) is 5.92 Å². The maximum Gasteiger partial charge on any atom is 0.344 e. The van der Waals surface area contributed by atoms with Gasteiger partial charge in [0.05, 0.1) is 0 Å². The van der Waals surface area contributed by atoms with Crippen molar-refractivity contribution in [3.05, 3.63) is 28.7 Å². The predicted molar refractivity (Wildman–Crippen MR) is 83.0 cm³/mol. The Bertz CT molecular complexity index is 473. The van der Waals surface area contributed by atoms with Crippen LogP contribution in [0.2, 0.25) is 0 Å². The molecule has 1 rings (SSSR count). The standard InChI is InChI=1S/C15H20BrNO4/c1-10(2)11(3)17-14(18)8-21-15(19)9-20-13-6-4-12(16)5-7-13/h4-7,10-11H,8-9H2,1-3H3,(H,17,18)/t11-/m0/s1. The minimum atomic E-state index is -0.578. The molecule has 21 heavy (non-hydrogen) atoms. The van der Waals surface area contributed by atoms with Crippen LogP contribution in [0.5, 0.6) is 5.75 Å². The van der Waals surface area contributed by atoms with Crippen molar-refractivity contribution in [2.75, 3.05) is 13.2 Å². The first-order chi connectivity index (χ1) is 9.88. The van der Waals surface area contributed by atoms with Gasteiger partial charge >= 0.3 is 5.97 Å². The Morgan fingerprint density at radius 1 is 1.14 bits per heavy atom. The van der Waals surface area contributed by atoms with Crippen LogP contribution in [-0.4, -0.2) is 31.1 Å². The van der Waals surface area contributed by atoms with Crippen LogP contribution in [0.3, 0.4) is 0 Å². The molecule has 0 fully saturated rings. The molecule has 1 amide bonds. The Morgan fingerprint density at radius 2 is 1.76 bits per heavy atom. The van der Waals surface area contributed by atoms with Gasteiger partial charge in [-0.05, 0) is 37.1 Å². The number of hydrogen-bond donors (Lipinski definition) is 1. The molecule has 1 aromatic carbocycles. The Kier molecular flexibility index (Phi) is 7.22. The van der Waals surface area contributed by atoms with E-state index < -0.39 is 5.97 Å². The molecule has 1 atom stereocenters. The number of nitrogens with one attached hydrogen (secondary N) is 1. The largest absolute Gasteiger partial charge is 0.482 e. The summed E-state index contributed by atoms with van der Waals surface area (Å²) < 4.78 is 11.0. The fourth-order valence-electron chi connectivity index (χ4n) is 1.32. The molecule has 0 aromatic heterocycles. The zero-order chi connectivity index (χ0) is 15.8. The third-order valence-corrected chi connectivity index (χ3v) is 3.45. The van der Waals surface area contributed by atoms with Gasteiger partial charge in [-0.25, -0.2) is 4.79 Å². The van der Waals surface area contributed by atoms with Gasteiger partial charge in [-0.1, -0.05) is 29.8 Å². The first-order valence-electron chi connectivity index (χ1n) is 6.72. The lowest BCUT2D eigenvalue weighted by atomic mass is 10.1. The Morgan fingerprint density at radius 3 is 2.33 bits per heavy atom. The van der Waals surface area contributed by atoms with E-state index in [1.165, 1.54) is 0 Å². The fraction of sp³-hybridized carbons (Fsp3) is 0.467. The number of carbonyl (C=O) groups is 2. The number of halogens is 1. The van der Waals surface area contributed by atoms with Crippen LogP contribution in [-0.2, 0) is 14.3 Å². The van der Waals surface area contributed by atoms with Crippen molar-refractivity contribution in [3.8, 4) is 5.75 Å². The lowest BCUT2D eigenvalue weighted by Gasteiger charge is -2.17. The maximum atomic E-state index is 11.5. The summed E-state index contributed by atoms with van der Waals surface area (Å²) in [5.41, 5.74) is 0. The van der Waals surface area contributed by atoms with Crippen LogP contribution in [0.1, 0.15) is 20.8 Å². The van der Waals surface area contributed by atoms with E-state index in [1.54, 1.807) is 24.3 Å². The zero-order valence-electron chi connectivity index (χ0n) is 12.4. The van der Waals surface area contributed by atoms with Crippen LogP contribution in [0.4, 0.5) is 0 Å². The lowest BCUT2D eigenvalue weighted by molar-refractivity contribution is -0.150. The van der Waals surface area contributed by atoms with Crippen molar-refractivity contribution in [1.29, 1.82) is 0 Å². The molecule has 1 N–H and O–H groups in total. The predicted octanol–water partition coefficient (Wildman–Crippen LogP) is 2.53. The Hall–Kier alpha value is -1.56. The van der Waals surface area contributed by atoms with Gasteiger partial charge in [-0.2, -0.15) is 0 Å². The zero-order valence-corrected chi connectivity index (χ0v) is 14.0. The number of amides is 1. The lowest BCUT2D eigenvalue weighted by Crippen LogP contribution is -2.39. The van der Waals surface area contributed by atoms with E-state index >= 15 is 0 Å². The van der Waals surface area contributed by atoms with E-state index in [9.17, 15) is 9.59 Å². The van der Waals surface area contributed by atoms with Gasteiger partial charge in [0.25, 0.3) is 5.91 Å². The SMILES string of the molecule is CC(C)[C@H](C)NC(=O)COC(=O)COc1ccc(Br)cc1. The first-order valence-corrected chi connectivity index (χ1v) is 7.51. The van der Waals surface area contributed by atoms with E-state index in [2.05, 4.69) is 21.2 Å². The van der Waals surface area contributed by atoms with Gasteiger partial charge in [0.2, 0.25) is 0 Å². The highest BCUT2D eigenvalue weighted by Crippen LogP contribution is 2.15. The molecule has 0 saturated carbocycles. The van der Waals surface area contributed by atoms with Crippen molar-refractivity contribution in [2.24, 2.45) is 5.92 Å². The second-order valence-electron chi connectivity index (χ2n) is 5.00. The van der Waals surface area contributed by atoms with Crippen LogP contribution in [0.15, 0.2) is 28.7 Å². The molecule has 5 nitrogen and oxygen atoms in total.